The highest BCUT2D eigenvalue weighted by Crippen LogP contribution is 2.36. The Morgan fingerprint density at radius 1 is 1.03 bits per heavy atom. The smallest absolute Gasteiger partial charge is 0.251 e. The molecule has 0 radical (unpaired) electrons. The van der Waals surface area contributed by atoms with E-state index in [4.69, 9.17) is 4.98 Å². The number of thiazole rings is 1. The highest BCUT2D eigenvalue weighted by atomic mass is 32.1. The molecule has 0 bridgehead atoms. The topological polar surface area (TPSA) is 53.5 Å². The predicted octanol–water partition coefficient (Wildman–Crippen LogP) is 4.42. The van der Waals surface area contributed by atoms with Crippen LogP contribution in [0.3, 0.4) is 0 Å². The van der Waals surface area contributed by atoms with E-state index < -0.39 is 0 Å². The van der Waals surface area contributed by atoms with Crippen LogP contribution in [0.5, 0.6) is 0 Å². The number of aromatic nitrogens is 1. The van der Waals surface area contributed by atoms with Crippen LogP contribution < -0.4 is 4.90 Å². The summed E-state index contributed by atoms with van der Waals surface area (Å²) in [6.07, 6.45) is 2.22. The zero-order valence-electron chi connectivity index (χ0n) is 17.3. The Balaban J connectivity index is 1.29. The number of anilines is 1. The summed E-state index contributed by atoms with van der Waals surface area (Å²) < 4.78 is 1.23. The molecule has 6 heteroatoms. The summed E-state index contributed by atoms with van der Waals surface area (Å²) in [6, 6.07) is 13.8. The molecule has 2 amide bonds. The van der Waals surface area contributed by atoms with E-state index in [2.05, 4.69) is 23.1 Å². The summed E-state index contributed by atoms with van der Waals surface area (Å²) in [4.78, 5) is 34.3. The molecule has 2 aliphatic rings. The number of carbonyl (C=O) groups is 2. The lowest BCUT2D eigenvalue weighted by Gasteiger charge is -2.34. The molecule has 2 aliphatic heterocycles. The second kappa shape index (κ2) is 7.60. The van der Waals surface area contributed by atoms with Crippen molar-refractivity contribution in [3.8, 4) is 0 Å². The Morgan fingerprint density at radius 2 is 1.80 bits per heavy atom. The van der Waals surface area contributed by atoms with Crippen molar-refractivity contribution in [2.24, 2.45) is 0 Å². The standard InChI is InChI=1S/C24H25N3O2S/c1-15-7-8-19(16(2)13-15)27-22(28)14-20(24(27)29)26-11-9-17(10-12-26)23-25-18-5-3-4-6-21(18)30-23/h3-8,13,17,20H,9-12,14H2,1-2H3/t20-/m0/s1. The van der Waals surface area contributed by atoms with Crippen molar-refractivity contribution < 1.29 is 9.59 Å². The Kier molecular flexibility index (Phi) is 4.91. The molecule has 2 aromatic carbocycles. The van der Waals surface area contributed by atoms with Crippen LogP contribution >= 0.6 is 11.3 Å². The maximum absolute atomic E-state index is 13.2. The van der Waals surface area contributed by atoms with Gasteiger partial charge in [-0.05, 0) is 63.5 Å². The third-order valence-electron chi connectivity index (χ3n) is 6.35. The Bertz CT molecular complexity index is 1100. The van der Waals surface area contributed by atoms with E-state index >= 15 is 0 Å². The minimum absolute atomic E-state index is 0.0783. The van der Waals surface area contributed by atoms with Crippen molar-refractivity contribution in [1.29, 1.82) is 0 Å². The van der Waals surface area contributed by atoms with Crippen LogP contribution in [0, 0.1) is 13.8 Å². The van der Waals surface area contributed by atoms with E-state index in [1.54, 1.807) is 11.3 Å². The van der Waals surface area contributed by atoms with Gasteiger partial charge in [-0.3, -0.25) is 14.5 Å². The molecular weight excluding hydrogens is 394 g/mol. The van der Waals surface area contributed by atoms with Crippen LogP contribution in [-0.2, 0) is 9.59 Å². The molecule has 5 nitrogen and oxygen atoms in total. The second-order valence-electron chi connectivity index (χ2n) is 8.41. The van der Waals surface area contributed by atoms with Gasteiger partial charge in [0.25, 0.3) is 5.91 Å². The molecule has 30 heavy (non-hydrogen) atoms. The molecule has 2 saturated heterocycles. The van der Waals surface area contributed by atoms with Crippen molar-refractivity contribution in [2.75, 3.05) is 18.0 Å². The molecule has 3 heterocycles. The first-order chi connectivity index (χ1) is 14.5. The SMILES string of the molecule is Cc1ccc(N2C(=O)C[C@H](N3CCC(c4nc5ccccc5s4)CC3)C2=O)c(C)c1. The quantitative estimate of drug-likeness (QED) is 0.590. The van der Waals surface area contributed by atoms with Gasteiger partial charge in [-0.2, -0.15) is 0 Å². The van der Waals surface area contributed by atoms with Crippen LogP contribution in [0.2, 0.25) is 0 Å². The third kappa shape index (κ3) is 3.34. The molecule has 0 unspecified atom stereocenters. The molecule has 2 fully saturated rings. The van der Waals surface area contributed by atoms with Crippen molar-refractivity contribution >= 4 is 39.1 Å². The van der Waals surface area contributed by atoms with Crippen LogP contribution in [0.15, 0.2) is 42.5 Å². The molecule has 1 atom stereocenters. The largest absolute Gasteiger partial charge is 0.291 e. The minimum Gasteiger partial charge on any atom is -0.291 e. The number of carbonyl (C=O) groups excluding carboxylic acids is 2. The monoisotopic (exact) mass is 419 g/mol. The fourth-order valence-electron chi connectivity index (χ4n) is 4.73. The molecule has 154 valence electrons. The van der Waals surface area contributed by atoms with Crippen LogP contribution in [-0.4, -0.2) is 40.8 Å². The summed E-state index contributed by atoms with van der Waals surface area (Å²) in [7, 11) is 0. The Morgan fingerprint density at radius 3 is 2.53 bits per heavy atom. The van der Waals surface area contributed by atoms with Crippen molar-refractivity contribution in [3.63, 3.8) is 0 Å². The van der Waals surface area contributed by atoms with Gasteiger partial charge in [-0.15, -0.1) is 11.3 Å². The fourth-order valence-corrected chi connectivity index (χ4v) is 5.87. The van der Waals surface area contributed by atoms with Crippen LogP contribution in [0.25, 0.3) is 10.2 Å². The van der Waals surface area contributed by atoms with Gasteiger partial charge in [0.15, 0.2) is 0 Å². The van der Waals surface area contributed by atoms with E-state index in [1.807, 2.05) is 38.1 Å². The summed E-state index contributed by atoms with van der Waals surface area (Å²) in [5, 5.41) is 1.20. The van der Waals surface area contributed by atoms with Crippen LogP contribution in [0.1, 0.15) is 41.3 Å². The number of hydrogen-bond acceptors (Lipinski definition) is 5. The number of likely N-dealkylation sites (tertiary alicyclic amines) is 1. The molecule has 0 spiro atoms. The predicted molar refractivity (Wildman–Crippen MR) is 120 cm³/mol. The molecule has 5 rings (SSSR count). The van der Waals surface area contributed by atoms with Crippen molar-refractivity contribution in [2.45, 2.75) is 45.1 Å². The maximum atomic E-state index is 13.2. The highest BCUT2D eigenvalue weighted by Gasteiger charge is 2.44. The minimum atomic E-state index is -0.338. The van der Waals surface area contributed by atoms with Crippen molar-refractivity contribution in [3.05, 3.63) is 58.6 Å². The van der Waals surface area contributed by atoms with Gasteiger partial charge in [-0.1, -0.05) is 29.8 Å². The van der Waals surface area contributed by atoms with E-state index in [9.17, 15) is 9.59 Å². The summed E-state index contributed by atoms with van der Waals surface area (Å²) in [5.41, 5.74) is 3.89. The van der Waals surface area contributed by atoms with Gasteiger partial charge in [0.2, 0.25) is 5.91 Å². The van der Waals surface area contributed by atoms with Gasteiger partial charge in [0.1, 0.15) is 0 Å². The maximum Gasteiger partial charge on any atom is 0.251 e. The first-order valence-corrected chi connectivity index (χ1v) is 11.4. The summed E-state index contributed by atoms with van der Waals surface area (Å²) in [6.45, 7) is 5.62. The number of amides is 2. The van der Waals surface area contributed by atoms with E-state index in [0.717, 1.165) is 48.3 Å². The second-order valence-corrected chi connectivity index (χ2v) is 9.47. The Hall–Kier alpha value is -2.57. The van der Waals surface area contributed by atoms with E-state index in [0.29, 0.717) is 5.92 Å². The lowest BCUT2D eigenvalue weighted by atomic mass is 9.96. The number of imide groups is 1. The fraction of sp³-hybridized carbons (Fsp3) is 0.375. The summed E-state index contributed by atoms with van der Waals surface area (Å²) >= 11 is 1.78. The van der Waals surface area contributed by atoms with Gasteiger partial charge in [-0.25, -0.2) is 9.88 Å². The zero-order valence-corrected chi connectivity index (χ0v) is 18.1. The van der Waals surface area contributed by atoms with E-state index in [1.165, 1.54) is 14.6 Å². The van der Waals surface area contributed by atoms with Gasteiger partial charge in [0, 0.05) is 5.92 Å². The van der Waals surface area contributed by atoms with Crippen molar-refractivity contribution in [1.82, 2.24) is 9.88 Å². The first-order valence-electron chi connectivity index (χ1n) is 10.5. The average Bonchev–Trinajstić information content (AvgIpc) is 3.30. The molecular formula is C24H25N3O2S. The number of fused-ring (bicyclic) bond motifs is 1. The zero-order chi connectivity index (χ0) is 20.8. The third-order valence-corrected chi connectivity index (χ3v) is 7.54. The molecule has 0 saturated carbocycles. The number of benzene rings is 2. The molecule has 1 aromatic heterocycles. The number of hydrogen-bond donors (Lipinski definition) is 0. The number of nitrogens with zero attached hydrogens (tertiary/aromatic N) is 3. The first kappa shape index (κ1) is 19.4. The average molecular weight is 420 g/mol. The molecule has 0 aliphatic carbocycles. The summed E-state index contributed by atoms with van der Waals surface area (Å²) in [5.74, 6) is 0.261. The van der Waals surface area contributed by atoms with Gasteiger partial charge < -0.3 is 0 Å². The molecule has 3 aromatic rings. The van der Waals surface area contributed by atoms with Crippen LogP contribution in [0.4, 0.5) is 5.69 Å². The highest BCUT2D eigenvalue weighted by molar-refractivity contribution is 7.18. The van der Waals surface area contributed by atoms with Gasteiger partial charge in [0.05, 0.1) is 33.4 Å². The lowest BCUT2D eigenvalue weighted by molar-refractivity contribution is -0.123. The molecule has 0 N–H and O–H groups in total. The normalized spacial score (nSPS) is 21.1. The number of aryl methyl sites for hydroxylation is 2. The number of rotatable bonds is 3. The number of piperidine rings is 1. The lowest BCUT2D eigenvalue weighted by Crippen LogP contribution is -2.45. The van der Waals surface area contributed by atoms with E-state index in [-0.39, 0.29) is 24.3 Å². The Labute approximate surface area is 180 Å². The van der Waals surface area contributed by atoms with Gasteiger partial charge >= 0.3 is 0 Å². The number of para-hydroxylation sites is 1.